The summed E-state index contributed by atoms with van der Waals surface area (Å²) in [6.07, 6.45) is 4.65. The predicted octanol–water partition coefficient (Wildman–Crippen LogP) is 9.96. The van der Waals surface area contributed by atoms with Gasteiger partial charge in [-0.05, 0) is 87.7 Å². The number of non-ortho nitro benzene ring substituents is 1. The summed E-state index contributed by atoms with van der Waals surface area (Å²) in [4.78, 5) is 23.3. The van der Waals surface area contributed by atoms with Crippen LogP contribution in [-0.4, -0.2) is 37.3 Å². The standard InChI is InChI=1S/C37H36N4O5S2/c1-37(2)32-23-30(46-35(43)11-7-6-10-31-20-21-47-48-31)17-18-33(32)40(36(37)25-8-4-3-5-9-25)24-26-22-28(14-19-34(26)42)39-38-27-12-15-29(16-13-27)41(44)45/h3-5,8-9,12-19,22-23,31H,6-7,10-11,20-21,24H2,1-2H3/p+1. The highest BCUT2D eigenvalue weighted by atomic mass is 33.1. The van der Waals surface area contributed by atoms with E-state index in [1.807, 2.05) is 58.0 Å². The Bertz CT molecular complexity index is 1870. The summed E-state index contributed by atoms with van der Waals surface area (Å²) in [7, 11) is 3.92. The fourth-order valence-electron chi connectivity index (χ4n) is 6.25. The van der Waals surface area contributed by atoms with Crippen molar-refractivity contribution in [3.63, 3.8) is 0 Å². The van der Waals surface area contributed by atoms with Gasteiger partial charge in [-0.1, -0.05) is 46.2 Å². The first kappa shape index (κ1) is 33.4. The van der Waals surface area contributed by atoms with E-state index in [0.717, 1.165) is 41.8 Å². The van der Waals surface area contributed by atoms with E-state index in [4.69, 9.17) is 4.74 Å². The van der Waals surface area contributed by atoms with Crippen molar-refractivity contribution in [2.24, 2.45) is 10.2 Å². The van der Waals surface area contributed by atoms with Crippen molar-refractivity contribution in [3.05, 3.63) is 118 Å². The van der Waals surface area contributed by atoms with E-state index in [-0.39, 0.29) is 17.4 Å². The maximum Gasteiger partial charge on any atom is 0.311 e. The summed E-state index contributed by atoms with van der Waals surface area (Å²) >= 11 is 0. The number of unbranched alkanes of at least 4 members (excludes halogenated alkanes) is 1. The number of ether oxygens (including phenoxy) is 1. The predicted molar refractivity (Wildman–Crippen MR) is 192 cm³/mol. The van der Waals surface area contributed by atoms with Gasteiger partial charge in [0.15, 0.2) is 12.3 Å². The van der Waals surface area contributed by atoms with Crippen LogP contribution in [-0.2, 0) is 16.8 Å². The zero-order valence-electron chi connectivity index (χ0n) is 26.9. The highest BCUT2D eigenvalue weighted by molar-refractivity contribution is 8.77. The van der Waals surface area contributed by atoms with Crippen LogP contribution in [0, 0.1) is 10.1 Å². The van der Waals surface area contributed by atoms with Gasteiger partial charge in [-0.25, -0.2) is 0 Å². The lowest BCUT2D eigenvalue weighted by molar-refractivity contribution is -0.455. The molecule has 6 rings (SSSR count). The van der Waals surface area contributed by atoms with E-state index in [1.54, 1.807) is 18.2 Å². The first-order chi connectivity index (χ1) is 23.2. The van der Waals surface area contributed by atoms with Crippen molar-refractivity contribution in [1.82, 2.24) is 0 Å². The number of hydrogen-bond acceptors (Lipinski definition) is 9. The summed E-state index contributed by atoms with van der Waals surface area (Å²) in [6.45, 7) is 4.67. The lowest BCUT2D eigenvalue weighted by Gasteiger charge is -2.18. The largest absolute Gasteiger partial charge is 0.507 e. The Hall–Kier alpha value is -4.48. The summed E-state index contributed by atoms with van der Waals surface area (Å²) < 4.78 is 8.04. The molecule has 246 valence electrons. The van der Waals surface area contributed by atoms with E-state index in [2.05, 4.69) is 40.8 Å². The fraction of sp³-hybridized carbons (Fsp3) is 0.297. The molecule has 4 aromatic rings. The molecule has 0 amide bonds. The smallest absolute Gasteiger partial charge is 0.311 e. The quantitative estimate of drug-likeness (QED) is 0.0231. The summed E-state index contributed by atoms with van der Waals surface area (Å²) in [5, 5.41) is 31.2. The molecule has 0 bridgehead atoms. The van der Waals surface area contributed by atoms with Gasteiger partial charge in [0.05, 0.1) is 27.3 Å². The molecule has 0 saturated carbocycles. The van der Waals surface area contributed by atoms with Gasteiger partial charge in [0, 0.05) is 46.7 Å². The lowest BCUT2D eigenvalue weighted by atomic mass is 9.79. The first-order valence-corrected chi connectivity index (χ1v) is 18.4. The molecular formula is C37H37N4O5S2+. The molecule has 1 saturated heterocycles. The van der Waals surface area contributed by atoms with Crippen molar-refractivity contribution >= 4 is 56.0 Å². The molecular weight excluding hydrogens is 645 g/mol. The van der Waals surface area contributed by atoms with Crippen LogP contribution in [0.25, 0.3) is 0 Å². The van der Waals surface area contributed by atoms with E-state index >= 15 is 0 Å². The van der Waals surface area contributed by atoms with Gasteiger partial charge in [-0.3, -0.25) is 14.9 Å². The molecule has 2 aliphatic rings. The van der Waals surface area contributed by atoms with Crippen molar-refractivity contribution in [3.8, 4) is 11.5 Å². The average molecular weight is 682 g/mol. The molecule has 1 atom stereocenters. The van der Waals surface area contributed by atoms with Crippen LogP contribution in [0.2, 0.25) is 0 Å². The van der Waals surface area contributed by atoms with Crippen LogP contribution in [0.4, 0.5) is 22.7 Å². The second kappa shape index (κ2) is 14.7. The second-order valence-corrected chi connectivity index (χ2v) is 15.2. The average Bonchev–Trinajstić information content (AvgIpc) is 3.68. The van der Waals surface area contributed by atoms with Crippen LogP contribution in [0.3, 0.4) is 0 Å². The van der Waals surface area contributed by atoms with Gasteiger partial charge in [0.25, 0.3) is 5.69 Å². The zero-order chi connectivity index (χ0) is 33.7. The topological polar surface area (TPSA) is 117 Å². The Morgan fingerprint density at radius 3 is 2.48 bits per heavy atom. The van der Waals surface area contributed by atoms with Gasteiger partial charge in [-0.15, -0.1) is 0 Å². The van der Waals surface area contributed by atoms with E-state index in [9.17, 15) is 20.0 Å². The van der Waals surface area contributed by atoms with Crippen LogP contribution in [0.5, 0.6) is 11.5 Å². The van der Waals surface area contributed by atoms with Crippen molar-refractivity contribution in [2.45, 2.75) is 63.2 Å². The SMILES string of the molecule is CC1(C)C(c2ccccc2)=[N+](Cc2cc(N=Nc3ccc([N+](=O)[O-])cc3)ccc2O)c2ccc(OC(=O)CCCCC3CCSS3)cc21. The molecule has 0 spiro atoms. The van der Waals surface area contributed by atoms with Crippen LogP contribution < -0.4 is 4.74 Å². The Balaban J connectivity index is 1.24. The van der Waals surface area contributed by atoms with Crippen molar-refractivity contribution < 1.29 is 24.1 Å². The number of rotatable bonds is 12. The number of phenols is 1. The number of aromatic hydroxyl groups is 1. The van der Waals surface area contributed by atoms with Crippen LogP contribution in [0.1, 0.15) is 62.6 Å². The molecule has 1 unspecified atom stereocenters. The highest BCUT2D eigenvalue weighted by Crippen LogP contribution is 2.45. The number of azo groups is 1. The molecule has 1 fully saturated rings. The number of nitro benzene ring substituents is 1. The van der Waals surface area contributed by atoms with Gasteiger partial charge >= 0.3 is 5.97 Å². The van der Waals surface area contributed by atoms with Crippen molar-refractivity contribution in [1.29, 1.82) is 0 Å². The number of hydrogen-bond donors (Lipinski definition) is 1. The minimum absolute atomic E-state index is 0.0195. The third kappa shape index (κ3) is 7.63. The lowest BCUT2D eigenvalue weighted by Crippen LogP contribution is -2.30. The number of nitro groups is 1. The highest BCUT2D eigenvalue weighted by Gasteiger charge is 2.47. The van der Waals surface area contributed by atoms with Gasteiger partial charge < -0.3 is 9.84 Å². The zero-order valence-corrected chi connectivity index (χ0v) is 28.5. The Morgan fingerprint density at radius 2 is 1.75 bits per heavy atom. The molecule has 4 aromatic carbocycles. The number of phenolic OH excluding ortho intramolecular Hbond substituents is 1. The number of nitrogens with zero attached hydrogens (tertiary/aromatic N) is 4. The number of carbonyl (C=O) groups is 1. The maximum atomic E-state index is 12.8. The summed E-state index contributed by atoms with van der Waals surface area (Å²) in [5.41, 5.74) is 5.28. The Kier molecular flexibility index (Phi) is 10.3. The molecule has 11 heteroatoms. The van der Waals surface area contributed by atoms with Gasteiger partial charge in [0.1, 0.15) is 11.5 Å². The Morgan fingerprint density at radius 1 is 1.00 bits per heavy atom. The maximum absolute atomic E-state index is 12.8. The normalized spacial score (nSPS) is 16.8. The number of esters is 1. The van der Waals surface area contributed by atoms with Crippen LogP contribution >= 0.6 is 21.6 Å². The molecule has 0 aromatic heterocycles. The second-order valence-electron chi connectivity index (χ2n) is 12.4. The molecule has 48 heavy (non-hydrogen) atoms. The minimum atomic E-state index is -0.461. The summed E-state index contributed by atoms with van der Waals surface area (Å²) in [6, 6.07) is 26.8. The van der Waals surface area contributed by atoms with E-state index in [0.29, 0.717) is 40.9 Å². The number of carbonyl (C=O) groups excluding carboxylic acids is 1. The van der Waals surface area contributed by atoms with Crippen molar-refractivity contribution in [2.75, 3.05) is 5.75 Å². The van der Waals surface area contributed by atoms with E-state index in [1.165, 1.54) is 36.4 Å². The Labute approximate surface area is 287 Å². The van der Waals surface area contributed by atoms with Gasteiger partial charge in [-0.2, -0.15) is 14.8 Å². The monoisotopic (exact) mass is 681 g/mol. The minimum Gasteiger partial charge on any atom is -0.507 e. The molecule has 9 nitrogen and oxygen atoms in total. The molecule has 0 aliphatic carbocycles. The molecule has 2 aliphatic heterocycles. The van der Waals surface area contributed by atoms with E-state index < -0.39 is 10.3 Å². The fourth-order valence-corrected chi connectivity index (χ4v) is 9.28. The number of benzene rings is 4. The molecule has 1 N–H and O–H groups in total. The third-order valence-corrected chi connectivity index (χ3v) is 11.7. The van der Waals surface area contributed by atoms with Gasteiger partial charge in [0.2, 0.25) is 5.69 Å². The van der Waals surface area contributed by atoms with Crippen LogP contribution in [0.15, 0.2) is 101 Å². The first-order valence-electron chi connectivity index (χ1n) is 16.0. The third-order valence-electron chi connectivity index (χ3n) is 8.69. The number of fused-ring (bicyclic) bond motifs is 1. The summed E-state index contributed by atoms with van der Waals surface area (Å²) in [5.74, 6) is 1.66. The molecule has 2 heterocycles. The molecule has 0 radical (unpaired) electrons.